The molecule has 2 unspecified atom stereocenters. The van der Waals surface area contributed by atoms with Crippen molar-refractivity contribution in [2.24, 2.45) is 0 Å². The van der Waals surface area contributed by atoms with E-state index in [0.717, 1.165) is 51.4 Å². The van der Waals surface area contributed by atoms with Gasteiger partial charge in [0.1, 0.15) is 30.5 Å². The molecule has 44 heavy (non-hydrogen) atoms. The molecule has 0 aromatic heterocycles. The molecular weight excluding hydrogens is 566 g/mol. The van der Waals surface area contributed by atoms with Crippen molar-refractivity contribution in [1.82, 2.24) is 5.32 Å². The SMILES string of the molecule is CCCCCCCCCCCCC(=O)N[C@@H](CO[C@@H]1O[C@H](CO)[C@@H](O)C(O)C1O)[C@H](O)[C@H](O)CCCCCCCCCCC. The van der Waals surface area contributed by atoms with Gasteiger partial charge in [0, 0.05) is 6.42 Å². The van der Waals surface area contributed by atoms with Crippen LogP contribution in [0.3, 0.4) is 0 Å². The lowest BCUT2D eigenvalue weighted by atomic mass is 9.98. The van der Waals surface area contributed by atoms with Crippen LogP contribution in [-0.2, 0) is 14.3 Å². The Balaban J connectivity index is 2.55. The molecule has 1 saturated heterocycles. The molecule has 10 nitrogen and oxygen atoms in total. The van der Waals surface area contributed by atoms with Crippen molar-refractivity contribution in [2.45, 2.75) is 198 Å². The van der Waals surface area contributed by atoms with E-state index in [0.29, 0.717) is 6.42 Å². The van der Waals surface area contributed by atoms with Crippen LogP contribution in [-0.4, -0.2) is 98.7 Å². The number of hydrogen-bond acceptors (Lipinski definition) is 9. The molecule has 1 aliphatic rings. The van der Waals surface area contributed by atoms with Crippen LogP contribution in [0.5, 0.6) is 0 Å². The third-order valence-electron chi connectivity index (χ3n) is 8.80. The van der Waals surface area contributed by atoms with Crippen LogP contribution >= 0.6 is 0 Å². The van der Waals surface area contributed by atoms with Gasteiger partial charge in [-0.05, 0) is 12.8 Å². The number of carbonyl (C=O) groups excluding carboxylic acids is 1. The van der Waals surface area contributed by atoms with Gasteiger partial charge in [0.15, 0.2) is 6.29 Å². The molecule has 0 bridgehead atoms. The first kappa shape index (κ1) is 41.2. The van der Waals surface area contributed by atoms with Crippen molar-refractivity contribution in [1.29, 1.82) is 0 Å². The van der Waals surface area contributed by atoms with Gasteiger partial charge in [-0.15, -0.1) is 0 Å². The van der Waals surface area contributed by atoms with Crippen LogP contribution in [0.1, 0.15) is 149 Å². The van der Waals surface area contributed by atoms with Crippen LogP contribution in [0.2, 0.25) is 0 Å². The van der Waals surface area contributed by atoms with Crippen molar-refractivity contribution < 1.29 is 44.9 Å². The van der Waals surface area contributed by atoms with E-state index in [2.05, 4.69) is 19.2 Å². The fourth-order valence-electron chi connectivity index (χ4n) is 5.78. The molecule has 7 N–H and O–H groups in total. The van der Waals surface area contributed by atoms with Gasteiger partial charge in [0.2, 0.25) is 5.91 Å². The number of ether oxygens (including phenoxy) is 2. The molecule has 1 rings (SSSR count). The number of carbonyl (C=O) groups is 1. The molecule has 0 aromatic carbocycles. The quantitative estimate of drug-likeness (QED) is 0.0623. The lowest BCUT2D eigenvalue weighted by molar-refractivity contribution is -0.303. The maximum Gasteiger partial charge on any atom is 0.220 e. The van der Waals surface area contributed by atoms with Gasteiger partial charge < -0.3 is 45.4 Å². The molecule has 262 valence electrons. The second-order valence-electron chi connectivity index (χ2n) is 12.8. The second-order valence-corrected chi connectivity index (χ2v) is 12.8. The molecule has 0 aromatic rings. The van der Waals surface area contributed by atoms with E-state index in [4.69, 9.17) is 9.47 Å². The minimum atomic E-state index is -1.60. The summed E-state index contributed by atoms with van der Waals surface area (Å²) in [7, 11) is 0. The maximum absolute atomic E-state index is 12.8. The summed E-state index contributed by atoms with van der Waals surface area (Å²) in [6.45, 7) is 3.52. The topological polar surface area (TPSA) is 169 Å². The van der Waals surface area contributed by atoms with E-state index >= 15 is 0 Å². The van der Waals surface area contributed by atoms with E-state index in [1.54, 1.807) is 0 Å². The zero-order valence-electron chi connectivity index (χ0n) is 27.8. The molecule has 1 aliphatic heterocycles. The summed E-state index contributed by atoms with van der Waals surface area (Å²) in [6.07, 6.45) is 12.7. The molecule has 0 spiro atoms. The summed E-state index contributed by atoms with van der Waals surface area (Å²) in [5.74, 6) is -0.263. The molecular formula is C34H67NO9. The summed E-state index contributed by atoms with van der Waals surface area (Å²) >= 11 is 0. The lowest BCUT2D eigenvalue weighted by Crippen LogP contribution is -2.60. The largest absolute Gasteiger partial charge is 0.394 e. The molecule has 0 radical (unpaired) electrons. The lowest BCUT2D eigenvalue weighted by Gasteiger charge is -2.40. The smallest absolute Gasteiger partial charge is 0.220 e. The van der Waals surface area contributed by atoms with Crippen LogP contribution in [0, 0.1) is 0 Å². The van der Waals surface area contributed by atoms with Crippen molar-refractivity contribution >= 4 is 5.91 Å². The number of aliphatic hydroxyl groups is 6. The van der Waals surface area contributed by atoms with Crippen molar-refractivity contribution in [3.05, 3.63) is 0 Å². The Bertz CT molecular complexity index is 683. The standard InChI is InChI=1S/C34H67NO9/c1-3-5-7-9-11-13-15-17-19-21-23-29(38)35-26(25-43-34-33(42)32(41)31(40)28(24-36)44-34)30(39)27(37)22-20-18-16-14-12-10-8-6-4-2/h26-28,30-34,36-37,39-42H,3-25H2,1-2H3,(H,35,38)/t26-,27+,28+,30-,31+,32?,33?,34+/m0/s1. The van der Waals surface area contributed by atoms with E-state index < -0.39 is 55.6 Å². The number of rotatable bonds is 28. The minimum Gasteiger partial charge on any atom is -0.394 e. The third kappa shape index (κ3) is 17.7. The highest BCUT2D eigenvalue weighted by molar-refractivity contribution is 5.76. The molecule has 8 atom stereocenters. The zero-order valence-corrected chi connectivity index (χ0v) is 27.8. The van der Waals surface area contributed by atoms with Gasteiger partial charge >= 0.3 is 0 Å². The van der Waals surface area contributed by atoms with Crippen LogP contribution < -0.4 is 5.32 Å². The number of aliphatic hydroxyl groups excluding tert-OH is 6. The minimum absolute atomic E-state index is 0.263. The first-order valence-corrected chi connectivity index (χ1v) is 17.8. The predicted octanol–water partition coefficient (Wildman–Crippen LogP) is 4.24. The Labute approximate surface area is 266 Å². The van der Waals surface area contributed by atoms with Gasteiger partial charge in [-0.3, -0.25) is 4.79 Å². The summed E-state index contributed by atoms with van der Waals surface area (Å²) in [6, 6.07) is -0.980. The zero-order chi connectivity index (χ0) is 32.6. The fourth-order valence-corrected chi connectivity index (χ4v) is 5.78. The molecule has 1 fully saturated rings. The second kappa shape index (κ2) is 26.2. The molecule has 0 saturated carbocycles. The van der Waals surface area contributed by atoms with Crippen molar-refractivity contribution in [3.63, 3.8) is 0 Å². The average Bonchev–Trinajstić information content (AvgIpc) is 3.02. The number of nitrogens with one attached hydrogen (secondary N) is 1. The van der Waals surface area contributed by atoms with Crippen LogP contribution in [0.4, 0.5) is 0 Å². The van der Waals surface area contributed by atoms with Crippen LogP contribution in [0.25, 0.3) is 0 Å². The van der Waals surface area contributed by atoms with Crippen LogP contribution in [0.15, 0.2) is 0 Å². The summed E-state index contributed by atoms with van der Waals surface area (Å²) < 4.78 is 11.1. The first-order chi connectivity index (χ1) is 21.3. The Hall–Kier alpha value is -0.850. The highest BCUT2D eigenvalue weighted by Crippen LogP contribution is 2.23. The molecule has 0 aliphatic carbocycles. The van der Waals surface area contributed by atoms with E-state index in [1.807, 2.05) is 0 Å². The van der Waals surface area contributed by atoms with E-state index in [9.17, 15) is 35.4 Å². The Kier molecular flexibility index (Phi) is 24.6. The number of unbranched alkanes of at least 4 members (excludes halogenated alkanes) is 17. The van der Waals surface area contributed by atoms with Crippen molar-refractivity contribution in [3.8, 4) is 0 Å². The Morgan fingerprint density at radius 1 is 0.705 bits per heavy atom. The maximum atomic E-state index is 12.8. The Morgan fingerprint density at radius 2 is 1.18 bits per heavy atom. The third-order valence-corrected chi connectivity index (χ3v) is 8.80. The van der Waals surface area contributed by atoms with Gasteiger partial charge in [-0.25, -0.2) is 0 Å². The highest BCUT2D eigenvalue weighted by Gasteiger charge is 2.44. The monoisotopic (exact) mass is 633 g/mol. The van der Waals surface area contributed by atoms with E-state index in [-0.39, 0.29) is 18.9 Å². The van der Waals surface area contributed by atoms with Gasteiger partial charge in [-0.2, -0.15) is 0 Å². The molecule has 10 heteroatoms. The van der Waals surface area contributed by atoms with Gasteiger partial charge in [-0.1, -0.05) is 129 Å². The number of amides is 1. The van der Waals surface area contributed by atoms with E-state index in [1.165, 1.54) is 70.6 Å². The molecule has 1 heterocycles. The number of hydrogen-bond donors (Lipinski definition) is 7. The van der Waals surface area contributed by atoms with Gasteiger partial charge in [0.05, 0.1) is 25.4 Å². The normalized spacial score (nSPS) is 24.2. The van der Waals surface area contributed by atoms with Crippen molar-refractivity contribution in [2.75, 3.05) is 13.2 Å². The summed E-state index contributed by atoms with van der Waals surface area (Å²) in [5, 5.41) is 64.5. The predicted molar refractivity (Wildman–Crippen MR) is 172 cm³/mol. The highest BCUT2D eigenvalue weighted by atomic mass is 16.7. The first-order valence-electron chi connectivity index (χ1n) is 17.8. The molecule has 1 amide bonds. The Morgan fingerprint density at radius 3 is 1.68 bits per heavy atom. The average molecular weight is 634 g/mol. The fraction of sp³-hybridized carbons (Fsp3) is 0.971. The van der Waals surface area contributed by atoms with Gasteiger partial charge in [0.25, 0.3) is 0 Å². The summed E-state index contributed by atoms with van der Waals surface area (Å²) in [5.41, 5.74) is 0. The summed E-state index contributed by atoms with van der Waals surface area (Å²) in [4.78, 5) is 12.8.